The number of ether oxygens (including phenoxy) is 2. The Labute approximate surface area is 176 Å². The van der Waals surface area contributed by atoms with E-state index < -0.39 is 29.0 Å². The average Bonchev–Trinajstić information content (AvgIpc) is 2.76. The van der Waals surface area contributed by atoms with Crippen LogP contribution in [0.1, 0.15) is 15.9 Å². The average molecular weight is 424 g/mol. The lowest BCUT2D eigenvalue weighted by Crippen LogP contribution is -2.23. The Hall–Kier alpha value is -4.27. The Morgan fingerprint density at radius 3 is 2.45 bits per heavy atom. The van der Waals surface area contributed by atoms with E-state index in [4.69, 9.17) is 9.47 Å². The van der Waals surface area contributed by atoms with Crippen molar-refractivity contribution in [2.24, 2.45) is 0 Å². The summed E-state index contributed by atoms with van der Waals surface area (Å²) in [6, 6.07) is 18.4. The molecule has 0 spiro atoms. The van der Waals surface area contributed by atoms with E-state index in [1.54, 1.807) is 12.1 Å². The fraction of sp³-hybridized carbons (Fsp3) is 0.0909. The fourth-order valence-electron chi connectivity index (χ4n) is 2.61. The van der Waals surface area contributed by atoms with Crippen molar-refractivity contribution in [3.63, 3.8) is 0 Å². The van der Waals surface area contributed by atoms with Crippen molar-refractivity contribution in [3.8, 4) is 11.5 Å². The molecule has 0 bridgehead atoms. The third kappa shape index (κ3) is 6.10. The molecule has 0 aliphatic heterocycles. The molecule has 0 aliphatic rings. The van der Waals surface area contributed by atoms with Crippen LogP contribution in [0, 0.1) is 15.9 Å². The summed E-state index contributed by atoms with van der Waals surface area (Å²) >= 11 is 0. The standard InChI is InChI=1S/C22H17FN2O6/c23-19-12-17(9-10-20(19)25(28)29)30-14-21(26)31-18-8-4-7-16(11-18)22(27)24-13-15-5-2-1-3-6-15/h1-12H,13-14H2,(H,24,27). The summed E-state index contributed by atoms with van der Waals surface area (Å²) in [6.45, 7) is -0.203. The Balaban J connectivity index is 1.54. The second-order valence-corrected chi connectivity index (χ2v) is 6.33. The second kappa shape index (κ2) is 9.97. The highest BCUT2D eigenvalue weighted by Gasteiger charge is 2.15. The molecular weight excluding hydrogens is 407 g/mol. The molecule has 1 amide bonds. The maximum atomic E-state index is 13.6. The number of halogens is 1. The lowest BCUT2D eigenvalue weighted by Gasteiger charge is -2.09. The van der Waals surface area contributed by atoms with Gasteiger partial charge in [0.1, 0.15) is 11.5 Å². The van der Waals surface area contributed by atoms with Gasteiger partial charge in [0.2, 0.25) is 5.82 Å². The molecule has 0 radical (unpaired) electrons. The number of nitro groups is 1. The van der Waals surface area contributed by atoms with Crippen molar-refractivity contribution in [3.05, 3.63) is 99.9 Å². The zero-order chi connectivity index (χ0) is 22.2. The molecule has 31 heavy (non-hydrogen) atoms. The van der Waals surface area contributed by atoms with E-state index in [-0.39, 0.29) is 17.4 Å². The quantitative estimate of drug-likeness (QED) is 0.256. The lowest BCUT2D eigenvalue weighted by molar-refractivity contribution is -0.387. The van der Waals surface area contributed by atoms with Crippen molar-refractivity contribution in [1.82, 2.24) is 5.32 Å². The molecule has 3 aromatic carbocycles. The predicted octanol–water partition coefficient (Wildman–Crippen LogP) is 3.65. The molecule has 3 aromatic rings. The number of hydrogen-bond donors (Lipinski definition) is 1. The van der Waals surface area contributed by atoms with Crippen LogP contribution in [0.2, 0.25) is 0 Å². The summed E-state index contributed by atoms with van der Waals surface area (Å²) in [5.41, 5.74) is 0.551. The summed E-state index contributed by atoms with van der Waals surface area (Å²) in [6.07, 6.45) is 0. The largest absolute Gasteiger partial charge is 0.482 e. The van der Waals surface area contributed by atoms with Crippen LogP contribution >= 0.6 is 0 Å². The SMILES string of the molecule is O=C(COc1ccc([N+](=O)[O-])c(F)c1)Oc1cccc(C(=O)NCc2ccccc2)c1. The van der Waals surface area contributed by atoms with Crippen LogP contribution in [0.25, 0.3) is 0 Å². The van der Waals surface area contributed by atoms with Gasteiger partial charge in [-0.1, -0.05) is 36.4 Å². The molecular formula is C22H17FN2O6. The van der Waals surface area contributed by atoms with Crippen molar-refractivity contribution in [1.29, 1.82) is 0 Å². The third-order valence-electron chi connectivity index (χ3n) is 4.10. The smallest absolute Gasteiger partial charge is 0.349 e. The summed E-state index contributed by atoms with van der Waals surface area (Å²) < 4.78 is 23.8. The first-order valence-corrected chi connectivity index (χ1v) is 9.12. The van der Waals surface area contributed by atoms with Crippen LogP contribution in [0.5, 0.6) is 11.5 Å². The summed E-state index contributed by atoms with van der Waals surface area (Å²) in [5.74, 6) is -2.13. The summed E-state index contributed by atoms with van der Waals surface area (Å²) in [5, 5.41) is 13.4. The minimum atomic E-state index is -1.08. The minimum absolute atomic E-state index is 0.0610. The van der Waals surface area contributed by atoms with Crippen LogP contribution in [-0.2, 0) is 11.3 Å². The molecule has 3 rings (SSSR count). The highest BCUT2D eigenvalue weighted by atomic mass is 19.1. The van der Waals surface area contributed by atoms with Crippen molar-refractivity contribution in [2.75, 3.05) is 6.61 Å². The Bertz CT molecular complexity index is 1100. The van der Waals surface area contributed by atoms with E-state index in [1.165, 1.54) is 18.2 Å². The molecule has 0 heterocycles. The number of hydrogen-bond acceptors (Lipinski definition) is 6. The molecule has 0 atom stereocenters. The number of rotatable bonds is 8. The van der Waals surface area contributed by atoms with Gasteiger partial charge in [-0.2, -0.15) is 4.39 Å². The molecule has 0 aromatic heterocycles. The zero-order valence-electron chi connectivity index (χ0n) is 16.1. The van der Waals surface area contributed by atoms with E-state index in [0.717, 1.165) is 17.7 Å². The van der Waals surface area contributed by atoms with Gasteiger partial charge in [-0.25, -0.2) is 4.79 Å². The number of nitro benzene ring substituents is 1. The van der Waals surface area contributed by atoms with Gasteiger partial charge in [0.15, 0.2) is 6.61 Å². The van der Waals surface area contributed by atoms with Gasteiger partial charge in [0.05, 0.1) is 4.92 Å². The van der Waals surface area contributed by atoms with Gasteiger partial charge in [-0.3, -0.25) is 14.9 Å². The van der Waals surface area contributed by atoms with Gasteiger partial charge >= 0.3 is 11.7 Å². The van der Waals surface area contributed by atoms with Gasteiger partial charge in [0, 0.05) is 24.2 Å². The topological polar surface area (TPSA) is 108 Å². The van der Waals surface area contributed by atoms with Gasteiger partial charge < -0.3 is 14.8 Å². The molecule has 0 fully saturated rings. The molecule has 0 unspecified atom stereocenters. The van der Waals surface area contributed by atoms with E-state index >= 15 is 0 Å². The maximum absolute atomic E-state index is 13.6. The summed E-state index contributed by atoms with van der Waals surface area (Å²) in [7, 11) is 0. The van der Waals surface area contributed by atoms with Crippen LogP contribution in [0.3, 0.4) is 0 Å². The third-order valence-corrected chi connectivity index (χ3v) is 4.10. The number of benzene rings is 3. The highest BCUT2D eigenvalue weighted by molar-refractivity contribution is 5.94. The Morgan fingerprint density at radius 2 is 1.74 bits per heavy atom. The monoisotopic (exact) mass is 424 g/mol. The molecule has 1 N–H and O–H groups in total. The van der Waals surface area contributed by atoms with Crippen molar-refractivity contribution >= 4 is 17.6 Å². The molecule has 158 valence electrons. The van der Waals surface area contributed by atoms with Crippen molar-refractivity contribution < 1.29 is 28.4 Å². The number of esters is 1. The number of carbonyl (C=O) groups excluding carboxylic acids is 2. The molecule has 0 saturated carbocycles. The van der Waals surface area contributed by atoms with E-state index in [1.807, 2.05) is 30.3 Å². The van der Waals surface area contributed by atoms with E-state index in [9.17, 15) is 24.1 Å². The first-order chi connectivity index (χ1) is 14.9. The van der Waals surface area contributed by atoms with Crippen molar-refractivity contribution in [2.45, 2.75) is 6.54 Å². The highest BCUT2D eigenvalue weighted by Crippen LogP contribution is 2.22. The van der Waals surface area contributed by atoms with E-state index in [2.05, 4.69) is 5.32 Å². The predicted molar refractivity (Wildman–Crippen MR) is 108 cm³/mol. The van der Waals surface area contributed by atoms with Crippen LogP contribution < -0.4 is 14.8 Å². The second-order valence-electron chi connectivity index (χ2n) is 6.33. The first kappa shape index (κ1) is 21.4. The number of amides is 1. The minimum Gasteiger partial charge on any atom is -0.482 e. The number of nitrogens with one attached hydrogen (secondary N) is 1. The van der Waals surface area contributed by atoms with Gasteiger partial charge in [0.25, 0.3) is 5.91 Å². The van der Waals surface area contributed by atoms with Crippen LogP contribution in [0.15, 0.2) is 72.8 Å². The number of carbonyl (C=O) groups is 2. The Kier molecular flexibility index (Phi) is 6.89. The van der Waals surface area contributed by atoms with Gasteiger partial charge in [-0.15, -0.1) is 0 Å². The zero-order valence-corrected chi connectivity index (χ0v) is 16.1. The van der Waals surface area contributed by atoms with Crippen LogP contribution in [-0.4, -0.2) is 23.4 Å². The fourth-order valence-corrected chi connectivity index (χ4v) is 2.61. The molecule has 0 saturated heterocycles. The molecule has 9 heteroatoms. The number of nitrogens with zero attached hydrogens (tertiary/aromatic N) is 1. The summed E-state index contributed by atoms with van der Waals surface area (Å²) in [4.78, 5) is 34.1. The van der Waals surface area contributed by atoms with E-state index in [0.29, 0.717) is 12.1 Å². The maximum Gasteiger partial charge on any atom is 0.349 e. The lowest BCUT2D eigenvalue weighted by atomic mass is 10.2. The molecule has 8 nitrogen and oxygen atoms in total. The van der Waals surface area contributed by atoms with Crippen LogP contribution in [0.4, 0.5) is 10.1 Å². The normalized spacial score (nSPS) is 10.2. The van der Waals surface area contributed by atoms with Gasteiger partial charge in [-0.05, 0) is 29.8 Å². The Morgan fingerprint density at radius 1 is 0.968 bits per heavy atom. The first-order valence-electron chi connectivity index (χ1n) is 9.12. The molecule has 0 aliphatic carbocycles.